The predicted octanol–water partition coefficient (Wildman–Crippen LogP) is 6.67. The monoisotopic (exact) mass is 409 g/mol. The van der Waals surface area contributed by atoms with Gasteiger partial charge in [-0.25, -0.2) is 0 Å². The number of aromatic nitrogens is 2. The number of pyridine rings is 2. The minimum atomic E-state index is 0.0623. The third kappa shape index (κ3) is 4.15. The summed E-state index contributed by atoms with van der Waals surface area (Å²) in [5.41, 5.74) is 7.96. The second-order valence-corrected chi connectivity index (χ2v) is 7.70. The summed E-state index contributed by atoms with van der Waals surface area (Å²) in [6, 6.07) is 21.2. The molecule has 4 nitrogen and oxygen atoms in total. The van der Waals surface area contributed by atoms with Crippen LogP contribution in [0.25, 0.3) is 11.1 Å². The molecule has 0 aliphatic carbocycles. The fraction of sp³-hybridized carbons (Fsp3) is 0.185. The number of ether oxygens (including phenoxy) is 1. The summed E-state index contributed by atoms with van der Waals surface area (Å²) < 4.78 is 5.58. The van der Waals surface area contributed by atoms with Crippen LogP contribution in [-0.4, -0.2) is 17.1 Å². The average molecular weight is 410 g/mol. The molecule has 0 amide bonds. The van der Waals surface area contributed by atoms with Crippen LogP contribution in [0.1, 0.15) is 29.7 Å². The Labute approximate surface area is 184 Å². The van der Waals surface area contributed by atoms with Crippen LogP contribution in [0.4, 0.5) is 11.4 Å². The molecule has 31 heavy (non-hydrogen) atoms. The molecule has 0 aliphatic heterocycles. The van der Waals surface area contributed by atoms with Crippen molar-refractivity contribution in [3.05, 3.63) is 102 Å². The van der Waals surface area contributed by atoms with Crippen LogP contribution in [0, 0.1) is 13.8 Å². The largest absolute Gasteiger partial charge is 0.496 e. The SMILES string of the molecule is COc1c(C)cc(-c2ccccc2C(C)N(c2cccnc2)c2cccnc2)cc1C. The number of hydrogen-bond donors (Lipinski definition) is 0. The van der Waals surface area contributed by atoms with Crippen LogP contribution in [0.15, 0.2) is 85.5 Å². The Bertz CT molecular complexity index is 1100. The third-order valence-electron chi connectivity index (χ3n) is 5.62. The average Bonchev–Trinajstić information content (AvgIpc) is 2.80. The van der Waals surface area contributed by atoms with Gasteiger partial charge < -0.3 is 9.64 Å². The number of anilines is 2. The molecular weight excluding hydrogens is 382 g/mol. The van der Waals surface area contributed by atoms with Crippen LogP contribution in [0.2, 0.25) is 0 Å². The lowest BCUT2D eigenvalue weighted by Crippen LogP contribution is -2.22. The standard InChI is InChI=1S/C27H27N3O/c1-19-15-22(16-20(2)27(19)31-4)26-12-6-5-11-25(26)21(3)30(23-9-7-13-28-17-23)24-10-8-14-29-18-24/h5-18,21H,1-4H3. The molecule has 156 valence electrons. The maximum Gasteiger partial charge on any atom is 0.124 e. The van der Waals surface area contributed by atoms with E-state index >= 15 is 0 Å². The van der Waals surface area contributed by atoms with Gasteiger partial charge in [-0.3, -0.25) is 9.97 Å². The Kier molecular flexibility index (Phi) is 5.99. The van der Waals surface area contributed by atoms with E-state index in [-0.39, 0.29) is 6.04 Å². The quantitative estimate of drug-likeness (QED) is 0.356. The molecular formula is C27H27N3O. The third-order valence-corrected chi connectivity index (χ3v) is 5.62. The van der Waals surface area contributed by atoms with Crippen molar-refractivity contribution < 1.29 is 4.74 Å². The number of methoxy groups -OCH3 is 1. The van der Waals surface area contributed by atoms with Gasteiger partial charge in [-0.2, -0.15) is 0 Å². The first-order valence-corrected chi connectivity index (χ1v) is 10.4. The van der Waals surface area contributed by atoms with Gasteiger partial charge in [0.2, 0.25) is 0 Å². The van der Waals surface area contributed by atoms with Crippen LogP contribution in [0.3, 0.4) is 0 Å². The first kappa shape index (κ1) is 20.6. The predicted molar refractivity (Wildman–Crippen MR) is 127 cm³/mol. The van der Waals surface area contributed by atoms with Crippen molar-refractivity contribution in [3.63, 3.8) is 0 Å². The number of benzene rings is 2. The van der Waals surface area contributed by atoms with Gasteiger partial charge in [0.1, 0.15) is 5.75 Å². The molecule has 0 spiro atoms. The van der Waals surface area contributed by atoms with Crippen LogP contribution in [-0.2, 0) is 0 Å². The second-order valence-electron chi connectivity index (χ2n) is 7.70. The van der Waals surface area contributed by atoms with E-state index in [0.29, 0.717) is 0 Å². The fourth-order valence-corrected chi connectivity index (χ4v) is 4.28. The Morgan fingerprint density at radius 3 is 1.90 bits per heavy atom. The minimum absolute atomic E-state index is 0.0623. The van der Waals surface area contributed by atoms with Crippen LogP contribution >= 0.6 is 0 Å². The van der Waals surface area contributed by atoms with Crippen molar-refractivity contribution in [2.45, 2.75) is 26.8 Å². The fourth-order valence-electron chi connectivity index (χ4n) is 4.28. The summed E-state index contributed by atoms with van der Waals surface area (Å²) >= 11 is 0. The Hall–Kier alpha value is -3.66. The van der Waals surface area contributed by atoms with Crippen LogP contribution < -0.4 is 9.64 Å². The lowest BCUT2D eigenvalue weighted by atomic mass is 9.92. The van der Waals surface area contributed by atoms with Crippen molar-refractivity contribution in [1.29, 1.82) is 0 Å². The Morgan fingerprint density at radius 2 is 1.39 bits per heavy atom. The van der Waals surface area contributed by atoms with Crippen molar-refractivity contribution in [3.8, 4) is 16.9 Å². The molecule has 0 radical (unpaired) electrons. The van der Waals surface area contributed by atoms with Gasteiger partial charge in [0.25, 0.3) is 0 Å². The summed E-state index contributed by atoms with van der Waals surface area (Å²) in [4.78, 5) is 11.0. The molecule has 1 atom stereocenters. The lowest BCUT2D eigenvalue weighted by molar-refractivity contribution is 0.408. The van der Waals surface area contributed by atoms with E-state index in [2.05, 4.69) is 84.2 Å². The van der Waals surface area contributed by atoms with E-state index in [4.69, 9.17) is 4.74 Å². The molecule has 2 heterocycles. The lowest BCUT2D eigenvalue weighted by Gasteiger charge is -2.32. The van der Waals surface area contributed by atoms with Gasteiger partial charge >= 0.3 is 0 Å². The summed E-state index contributed by atoms with van der Waals surface area (Å²) in [7, 11) is 1.73. The molecule has 0 N–H and O–H groups in total. The number of nitrogens with zero attached hydrogens (tertiary/aromatic N) is 3. The zero-order chi connectivity index (χ0) is 21.8. The highest BCUT2D eigenvalue weighted by molar-refractivity contribution is 5.73. The highest BCUT2D eigenvalue weighted by Crippen LogP contribution is 2.39. The van der Waals surface area contributed by atoms with Gasteiger partial charge in [0.15, 0.2) is 0 Å². The number of aryl methyl sites for hydroxylation is 2. The van der Waals surface area contributed by atoms with Gasteiger partial charge in [0, 0.05) is 12.4 Å². The Balaban J connectivity index is 1.84. The van der Waals surface area contributed by atoms with Gasteiger partial charge in [0.05, 0.1) is 36.9 Å². The van der Waals surface area contributed by atoms with Gasteiger partial charge in [-0.15, -0.1) is 0 Å². The Morgan fingerprint density at radius 1 is 0.806 bits per heavy atom. The highest BCUT2D eigenvalue weighted by atomic mass is 16.5. The van der Waals surface area contributed by atoms with E-state index in [1.54, 1.807) is 19.5 Å². The smallest absolute Gasteiger partial charge is 0.124 e. The summed E-state index contributed by atoms with van der Waals surface area (Å²) in [6.07, 6.45) is 7.39. The molecule has 4 heteroatoms. The van der Waals surface area contributed by atoms with Crippen molar-refractivity contribution in [2.24, 2.45) is 0 Å². The van der Waals surface area contributed by atoms with E-state index in [0.717, 1.165) is 28.3 Å². The molecule has 2 aromatic carbocycles. The molecule has 2 aromatic heterocycles. The van der Waals surface area contributed by atoms with Crippen molar-refractivity contribution >= 4 is 11.4 Å². The molecule has 0 saturated carbocycles. The zero-order valence-electron chi connectivity index (χ0n) is 18.4. The molecule has 4 rings (SSSR count). The highest BCUT2D eigenvalue weighted by Gasteiger charge is 2.22. The normalized spacial score (nSPS) is 11.7. The van der Waals surface area contributed by atoms with E-state index in [9.17, 15) is 0 Å². The van der Waals surface area contributed by atoms with E-state index in [1.165, 1.54) is 16.7 Å². The summed E-state index contributed by atoms with van der Waals surface area (Å²) in [6.45, 7) is 6.42. The molecule has 0 bridgehead atoms. The first-order chi connectivity index (χ1) is 15.1. The molecule has 0 saturated heterocycles. The van der Waals surface area contributed by atoms with Crippen molar-refractivity contribution in [2.75, 3.05) is 12.0 Å². The van der Waals surface area contributed by atoms with E-state index < -0.39 is 0 Å². The molecule has 0 fully saturated rings. The second kappa shape index (κ2) is 9.00. The topological polar surface area (TPSA) is 38.2 Å². The van der Waals surface area contributed by atoms with E-state index in [1.807, 2.05) is 24.5 Å². The van der Waals surface area contributed by atoms with Gasteiger partial charge in [-0.1, -0.05) is 24.3 Å². The molecule has 4 aromatic rings. The molecule has 0 aliphatic rings. The van der Waals surface area contributed by atoms with Crippen LogP contribution in [0.5, 0.6) is 5.75 Å². The maximum atomic E-state index is 5.58. The minimum Gasteiger partial charge on any atom is -0.496 e. The van der Waals surface area contributed by atoms with Crippen molar-refractivity contribution in [1.82, 2.24) is 9.97 Å². The summed E-state index contributed by atoms with van der Waals surface area (Å²) in [5.74, 6) is 0.946. The molecule has 1 unspecified atom stereocenters. The zero-order valence-corrected chi connectivity index (χ0v) is 18.4. The summed E-state index contributed by atoms with van der Waals surface area (Å²) in [5, 5.41) is 0. The van der Waals surface area contributed by atoms with Gasteiger partial charge in [-0.05, 0) is 85.0 Å². The maximum absolute atomic E-state index is 5.58. The number of rotatable bonds is 6. The first-order valence-electron chi connectivity index (χ1n) is 10.4. The number of hydrogen-bond acceptors (Lipinski definition) is 4.